The minimum atomic E-state index is -3.71. The third-order valence-corrected chi connectivity index (χ3v) is 4.54. The van der Waals surface area contributed by atoms with Gasteiger partial charge in [0.25, 0.3) is 10.2 Å². The lowest BCUT2D eigenvalue weighted by Crippen LogP contribution is -2.56. The maximum Gasteiger partial charge on any atom is 0.324 e. The zero-order valence-corrected chi connectivity index (χ0v) is 10.5. The standard InChI is InChI=1S/C9H18N2O4S/c1-4-11(9(2,3)8(12)13)16(14,15)10-7-5-6-7/h7,10H,4-6H2,1-3H3,(H,12,13). The summed E-state index contributed by atoms with van der Waals surface area (Å²) in [4.78, 5) is 11.0. The number of rotatable bonds is 6. The number of nitrogens with one attached hydrogen (secondary N) is 1. The SMILES string of the molecule is CCN(C(C)(C)C(=O)O)S(=O)(=O)NC1CC1. The van der Waals surface area contributed by atoms with Crippen molar-refractivity contribution >= 4 is 16.2 Å². The normalized spacial score (nSPS) is 17.8. The summed E-state index contributed by atoms with van der Waals surface area (Å²) < 4.78 is 27.3. The fourth-order valence-electron chi connectivity index (χ4n) is 1.45. The Bertz CT molecular complexity index is 373. The minimum absolute atomic E-state index is 0.0244. The van der Waals surface area contributed by atoms with Gasteiger partial charge in [0.2, 0.25) is 0 Å². The molecule has 6 nitrogen and oxygen atoms in total. The van der Waals surface area contributed by atoms with Crippen LogP contribution in [-0.2, 0) is 15.0 Å². The highest BCUT2D eigenvalue weighted by Crippen LogP contribution is 2.24. The van der Waals surface area contributed by atoms with E-state index in [-0.39, 0.29) is 12.6 Å². The molecule has 0 atom stereocenters. The molecule has 0 aliphatic heterocycles. The van der Waals surface area contributed by atoms with Crippen LogP contribution in [0.25, 0.3) is 0 Å². The number of aliphatic carboxylic acids is 1. The molecule has 0 amide bonds. The number of carboxylic acid groups (broad SMARTS) is 1. The van der Waals surface area contributed by atoms with Crippen LogP contribution in [0.15, 0.2) is 0 Å². The zero-order chi connectivity index (χ0) is 12.6. The van der Waals surface area contributed by atoms with Crippen LogP contribution in [-0.4, -0.2) is 41.9 Å². The Morgan fingerprint density at radius 2 is 2.00 bits per heavy atom. The maximum atomic E-state index is 11.9. The second kappa shape index (κ2) is 4.31. The van der Waals surface area contributed by atoms with Gasteiger partial charge in [-0.15, -0.1) is 0 Å². The number of carboxylic acids is 1. The van der Waals surface area contributed by atoms with E-state index < -0.39 is 21.7 Å². The van der Waals surface area contributed by atoms with Gasteiger partial charge in [-0.05, 0) is 26.7 Å². The topological polar surface area (TPSA) is 86.7 Å². The van der Waals surface area contributed by atoms with Crippen LogP contribution in [0.4, 0.5) is 0 Å². The Morgan fingerprint density at radius 3 is 2.31 bits per heavy atom. The Balaban J connectivity index is 2.91. The molecule has 1 rings (SSSR count). The molecule has 0 bridgehead atoms. The number of hydrogen-bond acceptors (Lipinski definition) is 3. The summed E-state index contributed by atoms with van der Waals surface area (Å²) >= 11 is 0. The van der Waals surface area contributed by atoms with Crippen LogP contribution >= 0.6 is 0 Å². The van der Waals surface area contributed by atoms with E-state index in [1.165, 1.54) is 13.8 Å². The van der Waals surface area contributed by atoms with Gasteiger partial charge in [-0.25, -0.2) is 0 Å². The fraction of sp³-hybridized carbons (Fsp3) is 0.889. The van der Waals surface area contributed by atoms with Gasteiger partial charge < -0.3 is 5.11 Å². The van der Waals surface area contributed by atoms with Crippen molar-refractivity contribution in [3.05, 3.63) is 0 Å². The molecule has 2 N–H and O–H groups in total. The second-order valence-electron chi connectivity index (χ2n) is 4.43. The van der Waals surface area contributed by atoms with E-state index >= 15 is 0 Å². The third kappa shape index (κ3) is 2.72. The average Bonchev–Trinajstić information content (AvgIpc) is 2.86. The first-order chi connectivity index (χ1) is 7.21. The Hall–Kier alpha value is -0.660. The minimum Gasteiger partial charge on any atom is -0.480 e. The Kier molecular flexibility index (Phi) is 3.61. The molecular weight excluding hydrogens is 232 g/mol. The van der Waals surface area contributed by atoms with E-state index in [0.29, 0.717) is 0 Å². The molecule has 7 heteroatoms. The lowest BCUT2D eigenvalue weighted by molar-refractivity contribution is -0.146. The smallest absolute Gasteiger partial charge is 0.324 e. The highest BCUT2D eigenvalue weighted by atomic mass is 32.2. The molecule has 0 spiro atoms. The van der Waals surface area contributed by atoms with Crippen molar-refractivity contribution in [3.8, 4) is 0 Å². The third-order valence-electron chi connectivity index (χ3n) is 2.62. The molecule has 0 aromatic carbocycles. The summed E-state index contributed by atoms with van der Waals surface area (Å²) in [5.74, 6) is -1.16. The Morgan fingerprint density at radius 1 is 1.50 bits per heavy atom. The summed E-state index contributed by atoms with van der Waals surface area (Å²) in [6.45, 7) is 4.51. The predicted molar refractivity (Wildman–Crippen MR) is 59.2 cm³/mol. The molecule has 1 saturated carbocycles. The molecule has 0 saturated heterocycles. The number of hydrogen-bond donors (Lipinski definition) is 2. The molecular formula is C9H18N2O4S. The fourth-order valence-corrected chi connectivity index (χ4v) is 3.25. The van der Waals surface area contributed by atoms with Gasteiger partial charge in [0.15, 0.2) is 0 Å². The van der Waals surface area contributed by atoms with Gasteiger partial charge in [0.05, 0.1) is 0 Å². The highest BCUT2D eigenvalue weighted by Gasteiger charge is 2.42. The second-order valence-corrected chi connectivity index (χ2v) is 6.05. The van der Waals surface area contributed by atoms with Crippen molar-refractivity contribution in [2.24, 2.45) is 0 Å². The molecule has 1 aliphatic carbocycles. The van der Waals surface area contributed by atoms with Crippen LogP contribution < -0.4 is 4.72 Å². The quantitative estimate of drug-likeness (QED) is 0.703. The van der Waals surface area contributed by atoms with Crippen LogP contribution in [0, 0.1) is 0 Å². The van der Waals surface area contributed by atoms with Crippen LogP contribution in [0.3, 0.4) is 0 Å². The molecule has 1 fully saturated rings. The lowest BCUT2D eigenvalue weighted by Gasteiger charge is -2.32. The van der Waals surface area contributed by atoms with E-state index in [0.717, 1.165) is 17.1 Å². The highest BCUT2D eigenvalue weighted by molar-refractivity contribution is 7.87. The molecule has 1 aliphatic rings. The first-order valence-electron chi connectivity index (χ1n) is 5.25. The van der Waals surface area contributed by atoms with Gasteiger partial charge in [-0.3, -0.25) is 4.79 Å². The molecule has 0 aromatic heterocycles. The lowest BCUT2D eigenvalue weighted by atomic mass is 10.1. The van der Waals surface area contributed by atoms with Crippen LogP contribution in [0.1, 0.15) is 33.6 Å². The summed E-state index contributed by atoms with van der Waals surface area (Å²) in [6, 6.07) is -0.0244. The van der Waals surface area contributed by atoms with Gasteiger partial charge in [-0.2, -0.15) is 17.4 Å². The maximum absolute atomic E-state index is 11.9. The van der Waals surface area contributed by atoms with Crippen molar-refractivity contribution in [2.45, 2.75) is 45.2 Å². The summed E-state index contributed by atoms with van der Waals surface area (Å²) in [6.07, 6.45) is 1.65. The molecule has 16 heavy (non-hydrogen) atoms. The van der Waals surface area contributed by atoms with E-state index in [1.54, 1.807) is 6.92 Å². The van der Waals surface area contributed by atoms with Gasteiger partial charge in [0.1, 0.15) is 5.54 Å². The molecule has 0 unspecified atom stereocenters. The Labute approximate surface area is 95.8 Å². The molecule has 0 radical (unpaired) electrons. The monoisotopic (exact) mass is 250 g/mol. The van der Waals surface area contributed by atoms with Gasteiger partial charge in [0, 0.05) is 12.6 Å². The summed E-state index contributed by atoms with van der Waals surface area (Å²) in [7, 11) is -3.71. The van der Waals surface area contributed by atoms with Crippen molar-refractivity contribution in [1.29, 1.82) is 0 Å². The van der Waals surface area contributed by atoms with E-state index in [9.17, 15) is 13.2 Å². The summed E-state index contributed by atoms with van der Waals surface area (Å²) in [5.41, 5.74) is -1.44. The first-order valence-corrected chi connectivity index (χ1v) is 6.69. The zero-order valence-electron chi connectivity index (χ0n) is 9.73. The number of likely N-dealkylation sites (N-methyl/N-ethyl adjacent to an activating group) is 1. The largest absolute Gasteiger partial charge is 0.480 e. The molecule has 0 heterocycles. The van der Waals surface area contributed by atoms with Crippen LogP contribution in [0.5, 0.6) is 0 Å². The summed E-state index contributed by atoms with van der Waals surface area (Å²) in [5, 5.41) is 9.02. The van der Waals surface area contributed by atoms with Crippen molar-refractivity contribution < 1.29 is 18.3 Å². The van der Waals surface area contributed by atoms with Crippen molar-refractivity contribution in [3.63, 3.8) is 0 Å². The van der Waals surface area contributed by atoms with Crippen molar-refractivity contribution in [1.82, 2.24) is 9.03 Å². The van der Waals surface area contributed by atoms with E-state index in [1.807, 2.05) is 0 Å². The average molecular weight is 250 g/mol. The molecule has 0 aromatic rings. The first kappa shape index (κ1) is 13.4. The predicted octanol–water partition coefficient (Wildman–Crippen LogP) is 0.168. The van der Waals surface area contributed by atoms with E-state index in [4.69, 9.17) is 5.11 Å². The number of nitrogens with zero attached hydrogens (tertiary/aromatic N) is 1. The van der Waals surface area contributed by atoms with Gasteiger partial charge >= 0.3 is 5.97 Å². The number of carbonyl (C=O) groups is 1. The molecule has 94 valence electrons. The van der Waals surface area contributed by atoms with E-state index in [2.05, 4.69) is 4.72 Å². The van der Waals surface area contributed by atoms with Crippen molar-refractivity contribution in [2.75, 3.05) is 6.54 Å². The van der Waals surface area contributed by atoms with Crippen LogP contribution in [0.2, 0.25) is 0 Å². The van der Waals surface area contributed by atoms with Gasteiger partial charge in [-0.1, -0.05) is 6.92 Å².